The van der Waals surface area contributed by atoms with Gasteiger partial charge in [0.1, 0.15) is 10.1 Å². The van der Waals surface area contributed by atoms with E-state index < -0.39 is 28.0 Å². The predicted octanol–water partition coefficient (Wildman–Crippen LogP) is 6.83. The first kappa shape index (κ1) is 24.9. The Bertz CT molecular complexity index is 1260. The topological polar surface area (TPSA) is 80.3 Å². The monoisotopic (exact) mass is 557 g/mol. The van der Waals surface area contributed by atoms with Crippen LogP contribution in [-0.2, 0) is 4.79 Å². The zero-order valence-corrected chi connectivity index (χ0v) is 21.2. The normalized spacial score (nSPS) is 18.2. The highest BCUT2D eigenvalue weighted by atomic mass is 35.5. The summed E-state index contributed by atoms with van der Waals surface area (Å²) in [7, 11) is 1.49. The van der Waals surface area contributed by atoms with Crippen LogP contribution in [0.25, 0.3) is 0 Å². The van der Waals surface area contributed by atoms with Gasteiger partial charge in [-0.2, -0.15) is 0 Å². The molecule has 2 N–H and O–H groups in total. The van der Waals surface area contributed by atoms with E-state index in [0.717, 1.165) is 0 Å². The van der Waals surface area contributed by atoms with Crippen molar-refractivity contribution >= 4 is 81.2 Å². The molecule has 11 heteroatoms. The van der Waals surface area contributed by atoms with E-state index in [0.29, 0.717) is 32.7 Å². The maximum absolute atomic E-state index is 13.0. The lowest BCUT2D eigenvalue weighted by Gasteiger charge is -2.11. The van der Waals surface area contributed by atoms with Crippen molar-refractivity contribution in [2.75, 3.05) is 17.7 Å². The molecule has 1 saturated carbocycles. The first-order chi connectivity index (χ1) is 16.1. The molecule has 1 heterocycles. The van der Waals surface area contributed by atoms with Gasteiger partial charge in [0.25, 0.3) is 5.91 Å². The number of anilines is 2. The summed E-state index contributed by atoms with van der Waals surface area (Å²) in [5.41, 5.74) is 1.58. The largest absolute Gasteiger partial charge is 0.495 e. The molecule has 2 aromatic carbocycles. The van der Waals surface area contributed by atoms with Gasteiger partial charge in [-0.25, -0.2) is 0 Å². The molecule has 6 nitrogen and oxygen atoms in total. The summed E-state index contributed by atoms with van der Waals surface area (Å²) in [5, 5.41) is 6.47. The van der Waals surface area contributed by atoms with Crippen molar-refractivity contribution in [1.82, 2.24) is 4.98 Å². The van der Waals surface area contributed by atoms with Crippen LogP contribution in [0.1, 0.15) is 21.8 Å². The van der Waals surface area contributed by atoms with Crippen molar-refractivity contribution < 1.29 is 14.3 Å². The molecule has 176 valence electrons. The molecule has 34 heavy (non-hydrogen) atoms. The minimum atomic E-state index is -1.33. The molecule has 0 aliphatic heterocycles. The molecule has 0 saturated heterocycles. The van der Waals surface area contributed by atoms with Crippen LogP contribution < -0.4 is 15.4 Å². The SMILES string of the molecule is COc1cncc(NC(=O)c2cc(NC(=O)C3C(c4cc(Cl)cc(Cl)c4)C3(Cl)Cl)ccc2Cl)c1. The third-order valence-corrected chi connectivity index (χ3v) is 6.97. The summed E-state index contributed by atoms with van der Waals surface area (Å²) in [6, 6.07) is 11.1. The molecule has 2 atom stereocenters. The molecule has 1 aliphatic rings. The van der Waals surface area contributed by atoms with Gasteiger partial charge >= 0.3 is 0 Å². The van der Waals surface area contributed by atoms with Gasteiger partial charge < -0.3 is 15.4 Å². The number of benzene rings is 2. The van der Waals surface area contributed by atoms with Gasteiger partial charge in [-0.15, -0.1) is 23.2 Å². The Labute approximate surface area is 220 Å². The lowest BCUT2D eigenvalue weighted by atomic mass is 10.1. The van der Waals surface area contributed by atoms with Crippen LogP contribution in [0.2, 0.25) is 15.1 Å². The highest BCUT2D eigenvalue weighted by Gasteiger charge is 2.67. The molecule has 0 radical (unpaired) electrons. The Morgan fingerprint density at radius 2 is 1.65 bits per heavy atom. The van der Waals surface area contributed by atoms with Crippen molar-refractivity contribution in [3.8, 4) is 5.75 Å². The number of amides is 2. The Kier molecular flexibility index (Phi) is 7.17. The lowest BCUT2D eigenvalue weighted by molar-refractivity contribution is -0.117. The van der Waals surface area contributed by atoms with Gasteiger partial charge in [0.15, 0.2) is 0 Å². The molecule has 2 amide bonds. The number of aromatic nitrogens is 1. The summed E-state index contributed by atoms with van der Waals surface area (Å²) in [6.45, 7) is 0. The van der Waals surface area contributed by atoms with Crippen molar-refractivity contribution in [3.05, 3.63) is 81.1 Å². The predicted molar refractivity (Wildman–Crippen MR) is 136 cm³/mol. The van der Waals surface area contributed by atoms with Crippen LogP contribution in [0, 0.1) is 5.92 Å². The quantitative estimate of drug-likeness (QED) is 0.325. The number of alkyl halides is 2. The Morgan fingerprint density at radius 3 is 2.32 bits per heavy atom. The zero-order valence-electron chi connectivity index (χ0n) is 17.4. The number of nitrogens with one attached hydrogen (secondary N) is 2. The summed E-state index contributed by atoms with van der Waals surface area (Å²) >= 11 is 31.2. The number of hydrogen-bond donors (Lipinski definition) is 2. The summed E-state index contributed by atoms with van der Waals surface area (Å²) < 4.78 is 3.77. The highest BCUT2D eigenvalue weighted by molar-refractivity contribution is 6.53. The van der Waals surface area contributed by atoms with Crippen LogP contribution in [0.3, 0.4) is 0 Å². The third-order valence-electron chi connectivity index (χ3n) is 5.27. The number of ether oxygens (including phenoxy) is 1. The first-order valence-electron chi connectivity index (χ1n) is 9.84. The van der Waals surface area contributed by atoms with E-state index in [1.807, 2.05) is 0 Å². The van der Waals surface area contributed by atoms with Crippen molar-refractivity contribution in [1.29, 1.82) is 0 Å². The molecule has 0 bridgehead atoms. The zero-order chi connectivity index (χ0) is 24.6. The van der Waals surface area contributed by atoms with Gasteiger partial charge in [-0.05, 0) is 42.0 Å². The van der Waals surface area contributed by atoms with Gasteiger partial charge in [-0.3, -0.25) is 14.6 Å². The first-order valence-corrected chi connectivity index (χ1v) is 11.7. The number of halogens is 5. The fraction of sp³-hybridized carbons (Fsp3) is 0.174. The van der Waals surface area contributed by atoms with Crippen LogP contribution in [0.4, 0.5) is 11.4 Å². The molecule has 1 fully saturated rings. The van der Waals surface area contributed by atoms with E-state index in [-0.39, 0.29) is 10.6 Å². The lowest BCUT2D eigenvalue weighted by Crippen LogP contribution is -2.18. The fourth-order valence-corrected chi connectivity index (χ4v) is 5.19. The second kappa shape index (κ2) is 9.80. The van der Waals surface area contributed by atoms with Crippen LogP contribution in [0.5, 0.6) is 5.75 Å². The van der Waals surface area contributed by atoms with Crippen LogP contribution in [0.15, 0.2) is 54.9 Å². The Hall–Kier alpha value is -2.22. The molecule has 2 unspecified atom stereocenters. The van der Waals surface area contributed by atoms with Crippen molar-refractivity contribution in [3.63, 3.8) is 0 Å². The number of methoxy groups -OCH3 is 1. The number of pyridine rings is 1. The molecular formula is C23H16Cl5N3O3. The smallest absolute Gasteiger partial charge is 0.257 e. The summed E-state index contributed by atoms with van der Waals surface area (Å²) in [5.74, 6) is -1.67. The number of hydrogen-bond acceptors (Lipinski definition) is 4. The summed E-state index contributed by atoms with van der Waals surface area (Å²) in [6.07, 6.45) is 2.98. The van der Waals surface area contributed by atoms with E-state index in [2.05, 4.69) is 15.6 Å². The fourth-order valence-electron chi connectivity index (χ4n) is 3.62. The average Bonchev–Trinajstić information content (AvgIpc) is 3.36. The van der Waals surface area contributed by atoms with E-state index in [4.69, 9.17) is 62.7 Å². The Morgan fingerprint density at radius 1 is 0.941 bits per heavy atom. The number of nitrogens with zero attached hydrogens (tertiary/aromatic N) is 1. The van der Waals surface area contributed by atoms with E-state index in [1.54, 1.807) is 30.3 Å². The summed E-state index contributed by atoms with van der Waals surface area (Å²) in [4.78, 5) is 29.7. The van der Waals surface area contributed by atoms with Crippen LogP contribution >= 0.6 is 58.0 Å². The molecular weight excluding hydrogens is 544 g/mol. The molecule has 0 spiro atoms. The maximum atomic E-state index is 13.0. The second-order valence-corrected chi connectivity index (χ2v) is 10.3. The van der Waals surface area contributed by atoms with E-state index in [1.165, 1.54) is 31.6 Å². The minimum absolute atomic E-state index is 0.152. The second-order valence-electron chi connectivity index (χ2n) is 7.58. The van der Waals surface area contributed by atoms with Gasteiger partial charge in [0.05, 0.1) is 41.7 Å². The third kappa shape index (κ3) is 5.21. The molecule has 1 aliphatic carbocycles. The molecule has 4 rings (SSSR count). The molecule has 1 aromatic heterocycles. The minimum Gasteiger partial charge on any atom is -0.495 e. The van der Waals surface area contributed by atoms with Crippen molar-refractivity contribution in [2.45, 2.75) is 10.3 Å². The maximum Gasteiger partial charge on any atom is 0.257 e. The van der Waals surface area contributed by atoms with Gasteiger partial charge in [-0.1, -0.05) is 34.8 Å². The molecule has 3 aromatic rings. The van der Waals surface area contributed by atoms with Gasteiger partial charge in [0.2, 0.25) is 5.91 Å². The van der Waals surface area contributed by atoms with Gasteiger partial charge in [0, 0.05) is 27.7 Å². The standard InChI is InChI=1S/C23H16Cl5N3O3/c1-34-16-7-15(9-29-10-16)31-21(32)17-8-14(2-3-18(17)26)30-22(33)20-19(23(20,27)28)11-4-12(24)6-13(25)5-11/h2-10,19-20H,1H3,(H,30,33)(H,31,32). The average molecular weight is 560 g/mol. The van der Waals surface area contributed by atoms with Crippen LogP contribution in [-0.4, -0.2) is 28.2 Å². The number of carbonyl (C=O) groups is 2. The Balaban J connectivity index is 1.50. The van der Waals surface area contributed by atoms with E-state index >= 15 is 0 Å². The van der Waals surface area contributed by atoms with Crippen molar-refractivity contribution in [2.24, 2.45) is 5.92 Å². The number of rotatable bonds is 6. The highest BCUT2D eigenvalue weighted by Crippen LogP contribution is 2.65. The van der Waals surface area contributed by atoms with E-state index in [9.17, 15) is 9.59 Å². The number of carbonyl (C=O) groups excluding carboxylic acids is 2.